The molecule has 0 spiro atoms. The third kappa shape index (κ3) is 4.52. The van der Waals surface area contributed by atoms with Crippen molar-refractivity contribution < 1.29 is 43.4 Å². The van der Waals surface area contributed by atoms with E-state index in [1.165, 1.54) is 4.90 Å². The molecular formula is C11H18LiNO5. The van der Waals surface area contributed by atoms with Gasteiger partial charge in [-0.3, -0.25) is 0 Å². The van der Waals surface area contributed by atoms with E-state index < -0.39 is 23.3 Å². The molecule has 0 aromatic carbocycles. The quantitative estimate of drug-likeness (QED) is 0.488. The van der Waals surface area contributed by atoms with Gasteiger partial charge in [0.25, 0.3) is 0 Å². The van der Waals surface area contributed by atoms with Crippen molar-refractivity contribution in [2.24, 2.45) is 0 Å². The Hall–Kier alpha value is -0.703. The fraction of sp³-hybridized carbons (Fsp3) is 0.818. The number of carboxylic acid groups (broad SMARTS) is 1. The van der Waals surface area contributed by atoms with Crippen LogP contribution >= 0.6 is 0 Å². The van der Waals surface area contributed by atoms with Crippen molar-refractivity contribution >= 4 is 12.1 Å². The molecule has 1 aliphatic rings. The first-order valence-electron chi connectivity index (χ1n) is 5.56. The van der Waals surface area contributed by atoms with E-state index in [0.29, 0.717) is 0 Å². The molecule has 1 saturated heterocycles. The molecule has 0 bridgehead atoms. The zero-order valence-electron chi connectivity index (χ0n) is 11.4. The van der Waals surface area contributed by atoms with Crippen LogP contribution < -0.4 is 24.0 Å². The number of likely N-dealkylation sites (tertiary alicyclic amines) is 1. The van der Waals surface area contributed by atoms with Crippen LogP contribution in [0, 0.1) is 0 Å². The standard InChI is InChI=1S/C11H19NO5.Li/c1-10(2,3)17-9(15)12-6-4-11(16,5-7-12)8(13)14;/h16H,4-7H2,1-3H3,(H,13,14);/q;+1/p-1. The monoisotopic (exact) mass is 251 g/mol. The van der Waals surface area contributed by atoms with Crippen LogP contribution in [0.25, 0.3) is 0 Å². The van der Waals surface area contributed by atoms with Gasteiger partial charge >= 0.3 is 25.0 Å². The average molecular weight is 251 g/mol. The van der Waals surface area contributed by atoms with Crippen molar-refractivity contribution in [2.75, 3.05) is 13.1 Å². The number of aliphatic hydroxyl groups is 1. The largest absolute Gasteiger partial charge is 1.00 e. The smallest absolute Gasteiger partial charge is 0.547 e. The molecule has 0 aliphatic carbocycles. The minimum atomic E-state index is -1.82. The summed E-state index contributed by atoms with van der Waals surface area (Å²) in [6, 6.07) is 0. The van der Waals surface area contributed by atoms with Crippen molar-refractivity contribution in [1.82, 2.24) is 4.90 Å². The Bertz CT molecular complexity index is 318. The summed E-state index contributed by atoms with van der Waals surface area (Å²) < 4.78 is 5.15. The topological polar surface area (TPSA) is 89.9 Å². The average Bonchev–Trinajstić information content (AvgIpc) is 2.15. The first-order chi connectivity index (χ1) is 7.64. The van der Waals surface area contributed by atoms with E-state index in [-0.39, 0.29) is 44.8 Å². The van der Waals surface area contributed by atoms with E-state index in [9.17, 15) is 19.8 Å². The maximum absolute atomic E-state index is 11.7. The molecule has 0 saturated carbocycles. The predicted molar refractivity (Wildman–Crippen MR) is 57.0 cm³/mol. The Morgan fingerprint density at radius 2 is 1.72 bits per heavy atom. The molecule has 0 aromatic rings. The predicted octanol–water partition coefficient (Wildman–Crippen LogP) is -3.50. The van der Waals surface area contributed by atoms with E-state index in [1.54, 1.807) is 20.8 Å². The molecule has 0 aromatic heterocycles. The Labute approximate surface area is 118 Å². The molecule has 1 rings (SSSR count). The van der Waals surface area contributed by atoms with Crippen molar-refractivity contribution in [2.45, 2.75) is 44.8 Å². The summed E-state index contributed by atoms with van der Waals surface area (Å²) in [5, 5.41) is 20.3. The van der Waals surface area contributed by atoms with Crippen LogP contribution in [0.15, 0.2) is 0 Å². The Kier molecular flexibility index (Phi) is 5.73. The number of piperidine rings is 1. The first-order valence-corrected chi connectivity index (χ1v) is 5.56. The maximum Gasteiger partial charge on any atom is 1.00 e. The van der Waals surface area contributed by atoms with Crippen molar-refractivity contribution in [3.63, 3.8) is 0 Å². The summed E-state index contributed by atoms with van der Waals surface area (Å²) in [6.45, 7) is 5.57. The van der Waals surface area contributed by atoms with E-state index in [1.807, 2.05) is 0 Å². The molecule has 1 aliphatic heterocycles. The van der Waals surface area contributed by atoms with E-state index >= 15 is 0 Å². The number of rotatable bonds is 1. The second kappa shape index (κ2) is 5.96. The van der Waals surface area contributed by atoms with Gasteiger partial charge < -0.3 is 24.6 Å². The molecule has 0 unspecified atom stereocenters. The Morgan fingerprint density at radius 1 is 1.28 bits per heavy atom. The van der Waals surface area contributed by atoms with Crippen LogP contribution in [0.2, 0.25) is 0 Å². The summed E-state index contributed by atoms with van der Waals surface area (Å²) in [4.78, 5) is 23.7. The van der Waals surface area contributed by atoms with Crippen LogP contribution in [0.5, 0.6) is 0 Å². The summed E-state index contributed by atoms with van der Waals surface area (Å²) in [5.41, 5.74) is -2.41. The Balaban J connectivity index is 0.00000289. The number of ether oxygens (including phenoxy) is 1. The third-order valence-corrected chi connectivity index (χ3v) is 2.62. The van der Waals surface area contributed by atoms with Gasteiger partial charge in [0.1, 0.15) is 11.2 Å². The summed E-state index contributed by atoms with van der Waals surface area (Å²) in [5.74, 6) is -1.48. The second-order valence-electron chi connectivity index (χ2n) is 5.29. The van der Waals surface area contributed by atoms with Gasteiger partial charge in [-0.15, -0.1) is 0 Å². The number of carbonyl (C=O) groups excluding carboxylic acids is 2. The SMILES string of the molecule is CC(C)(C)OC(=O)N1CCC(O)(C(=O)[O-])CC1.[Li+]. The van der Waals surface area contributed by atoms with Gasteiger partial charge in [0.05, 0.1) is 5.97 Å². The van der Waals surface area contributed by atoms with Gasteiger partial charge in [0, 0.05) is 13.1 Å². The number of aliphatic carboxylic acids is 1. The molecule has 1 heterocycles. The number of nitrogens with zero attached hydrogens (tertiary/aromatic N) is 1. The Morgan fingerprint density at radius 3 is 2.06 bits per heavy atom. The molecule has 0 radical (unpaired) electrons. The molecule has 1 fully saturated rings. The van der Waals surface area contributed by atoms with Crippen molar-refractivity contribution in [3.05, 3.63) is 0 Å². The number of carbonyl (C=O) groups is 2. The van der Waals surface area contributed by atoms with Gasteiger partial charge in [0.15, 0.2) is 0 Å². The summed E-state index contributed by atoms with van der Waals surface area (Å²) >= 11 is 0. The van der Waals surface area contributed by atoms with Gasteiger partial charge in [-0.1, -0.05) is 0 Å². The minimum Gasteiger partial charge on any atom is -0.547 e. The molecular weight excluding hydrogens is 233 g/mol. The molecule has 1 amide bonds. The normalized spacial score (nSPS) is 18.8. The van der Waals surface area contributed by atoms with Crippen LogP contribution in [-0.2, 0) is 9.53 Å². The zero-order valence-corrected chi connectivity index (χ0v) is 11.4. The number of carboxylic acids is 1. The van der Waals surface area contributed by atoms with Crippen LogP contribution in [0.4, 0.5) is 4.79 Å². The van der Waals surface area contributed by atoms with E-state index in [2.05, 4.69) is 0 Å². The number of amides is 1. The summed E-state index contributed by atoms with van der Waals surface area (Å²) in [7, 11) is 0. The maximum atomic E-state index is 11.7. The molecule has 1 N–H and O–H groups in total. The van der Waals surface area contributed by atoms with Crippen LogP contribution in [-0.4, -0.2) is 46.4 Å². The van der Waals surface area contributed by atoms with Crippen LogP contribution in [0.3, 0.4) is 0 Å². The van der Waals surface area contributed by atoms with Gasteiger partial charge in [-0.25, -0.2) is 4.79 Å². The second-order valence-corrected chi connectivity index (χ2v) is 5.29. The van der Waals surface area contributed by atoms with Gasteiger partial charge in [-0.2, -0.15) is 0 Å². The number of hydrogen-bond acceptors (Lipinski definition) is 5. The van der Waals surface area contributed by atoms with Gasteiger partial charge in [0.2, 0.25) is 0 Å². The fourth-order valence-corrected chi connectivity index (χ4v) is 1.59. The first kappa shape index (κ1) is 17.3. The molecule has 7 heteroatoms. The fourth-order valence-electron chi connectivity index (χ4n) is 1.59. The third-order valence-electron chi connectivity index (χ3n) is 2.62. The molecule has 18 heavy (non-hydrogen) atoms. The zero-order chi connectivity index (χ0) is 13.3. The summed E-state index contributed by atoms with van der Waals surface area (Å²) in [6.07, 6.45) is -0.554. The minimum absolute atomic E-state index is 0. The van der Waals surface area contributed by atoms with Crippen molar-refractivity contribution in [1.29, 1.82) is 0 Å². The van der Waals surface area contributed by atoms with E-state index in [0.717, 1.165) is 0 Å². The van der Waals surface area contributed by atoms with E-state index in [4.69, 9.17) is 4.74 Å². The molecule has 6 nitrogen and oxygen atoms in total. The molecule has 0 atom stereocenters. The van der Waals surface area contributed by atoms with Crippen LogP contribution in [0.1, 0.15) is 33.6 Å². The van der Waals surface area contributed by atoms with Crippen molar-refractivity contribution in [3.8, 4) is 0 Å². The number of hydrogen-bond donors (Lipinski definition) is 1. The molecule has 98 valence electrons. The van der Waals surface area contributed by atoms with Gasteiger partial charge in [-0.05, 0) is 33.6 Å².